The van der Waals surface area contributed by atoms with Crippen molar-refractivity contribution in [3.8, 4) is 0 Å². The fourth-order valence-corrected chi connectivity index (χ4v) is 2.58. The van der Waals surface area contributed by atoms with Gasteiger partial charge in [0.25, 0.3) is 0 Å². The Morgan fingerprint density at radius 2 is 2.06 bits per heavy atom. The predicted octanol–water partition coefficient (Wildman–Crippen LogP) is 2.41. The van der Waals surface area contributed by atoms with Crippen LogP contribution in [0.5, 0.6) is 0 Å². The van der Waals surface area contributed by atoms with Crippen LogP contribution in [0.1, 0.15) is 24.8 Å². The molecule has 88 valence electrons. The van der Waals surface area contributed by atoms with Gasteiger partial charge in [0, 0.05) is 17.5 Å². The summed E-state index contributed by atoms with van der Waals surface area (Å²) in [5.41, 5.74) is 1.29. The first-order valence-electron chi connectivity index (χ1n) is 5.84. The van der Waals surface area contributed by atoms with E-state index < -0.39 is 0 Å². The second-order valence-corrected chi connectivity index (χ2v) is 5.21. The fourth-order valence-electron chi connectivity index (χ4n) is 2.17. The van der Waals surface area contributed by atoms with E-state index in [-0.39, 0.29) is 6.10 Å². The van der Waals surface area contributed by atoms with Crippen molar-refractivity contribution in [2.45, 2.75) is 42.8 Å². The molecule has 2 atom stereocenters. The van der Waals surface area contributed by atoms with Gasteiger partial charge in [-0.05, 0) is 43.2 Å². The molecule has 1 fully saturated rings. The largest absolute Gasteiger partial charge is 0.392 e. The number of rotatable bonds is 4. The standard InChI is InChI=1S/C13H19NOS/c1-16-11-7-5-10(6-8-11)9-14-12-3-2-4-13(12)15/h5-8,12-15H,2-4,9H2,1H3. The Balaban J connectivity index is 1.84. The first-order valence-corrected chi connectivity index (χ1v) is 7.06. The average Bonchev–Trinajstić information content (AvgIpc) is 2.73. The summed E-state index contributed by atoms with van der Waals surface area (Å²) in [6.07, 6.45) is 5.13. The van der Waals surface area contributed by atoms with Crippen LogP contribution in [0.15, 0.2) is 29.2 Å². The molecule has 1 aromatic carbocycles. The van der Waals surface area contributed by atoms with Gasteiger partial charge in [-0.2, -0.15) is 0 Å². The van der Waals surface area contributed by atoms with Crippen molar-refractivity contribution in [1.82, 2.24) is 5.32 Å². The zero-order valence-electron chi connectivity index (χ0n) is 9.65. The fraction of sp³-hybridized carbons (Fsp3) is 0.538. The maximum absolute atomic E-state index is 9.68. The SMILES string of the molecule is CSc1ccc(CNC2CCCC2O)cc1. The molecule has 0 bridgehead atoms. The van der Waals surface area contributed by atoms with Gasteiger partial charge < -0.3 is 10.4 Å². The van der Waals surface area contributed by atoms with Crippen LogP contribution < -0.4 is 5.32 Å². The van der Waals surface area contributed by atoms with E-state index >= 15 is 0 Å². The van der Waals surface area contributed by atoms with Crippen molar-refractivity contribution in [3.05, 3.63) is 29.8 Å². The molecule has 0 heterocycles. The predicted molar refractivity (Wildman–Crippen MR) is 68.7 cm³/mol. The average molecular weight is 237 g/mol. The monoisotopic (exact) mass is 237 g/mol. The van der Waals surface area contributed by atoms with E-state index in [0.29, 0.717) is 6.04 Å². The highest BCUT2D eigenvalue weighted by atomic mass is 32.2. The van der Waals surface area contributed by atoms with Crippen LogP contribution in [0.3, 0.4) is 0 Å². The zero-order chi connectivity index (χ0) is 11.4. The third-order valence-electron chi connectivity index (χ3n) is 3.21. The summed E-state index contributed by atoms with van der Waals surface area (Å²) in [6, 6.07) is 8.89. The molecule has 0 spiro atoms. The van der Waals surface area contributed by atoms with Gasteiger partial charge in [-0.25, -0.2) is 0 Å². The number of aliphatic hydroxyl groups excluding tert-OH is 1. The Kier molecular flexibility index (Phi) is 4.27. The van der Waals surface area contributed by atoms with Crippen molar-refractivity contribution in [2.24, 2.45) is 0 Å². The van der Waals surface area contributed by atoms with Gasteiger partial charge in [0.15, 0.2) is 0 Å². The van der Waals surface area contributed by atoms with Crippen molar-refractivity contribution >= 4 is 11.8 Å². The van der Waals surface area contributed by atoms with E-state index in [2.05, 4.69) is 35.8 Å². The number of nitrogens with one attached hydrogen (secondary N) is 1. The van der Waals surface area contributed by atoms with Gasteiger partial charge >= 0.3 is 0 Å². The van der Waals surface area contributed by atoms with Crippen molar-refractivity contribution in [1.29, 1.82) is 0 Å². The topological polar surface area (TPSA) is 32.3 Å². The Hall–Kier alpha value is -0.510. The van der Waals surface area contributed by atoms with Crippen LogP contribution >= 0.6 is 11.8 Å². The molecule has 1 saturated carbocycles. The van der Waals surface area contributed by atoms with Crippen LogP contribution in [-0.4, -0.2) is 23.5 Å². The minimum atomic E-state index is -0.148. The van der Waals surface area contributed by atoms with E-state index in [4.69, 9.17) is 0 Å². The maximum atomic E-state index is 9.68. The van der Waals surface area contributed by atoms with Crippen LogP contribution in [0, 0.1) is 0 Å². The molecular weight excluding hydrogens is 218 g/mol. The summed E-state index contributed by atoms with van der Waals surface area (Å²) in [7, 11) is 0. The van der Waals surface area contributed by atoms with Crippen LogP contribution in [-0.2, 0) is 6.54 Å². The van der Waals surface area contributed by atoms with Gasteiger partial charge in [0.1, 0.15) is 0 Å². The lowest BCUT2D eigenvalue weighted by atomic mass is 10.2. The van der Waals surface area contributed by atoms with E-state index in [0.717, 1.165) is 25.8 Å². The Morgan fingerprint density at radius 1 is 1.31 bits per heavy atom. The molecule has 0 aromatic heterocycles. The summed E-state index contributed by atoms with van der Waals surface area (Å²) >= 11 is 1.76. The lowest BCUT2D eigenvalue weighted by Crippen LogP contribution is -2.34. The smallest absolute Gasteiger partial charge is 0.0693 e. The molecule has 0 amide bonds. The molecule has 1 aliphatic rings. The summed E-state index contributed by atoms with van der Waals surface area (Å²) in [6.45, 7) is 0.858. The summed E-state index contributed by atoms with van der Waals surface area (Å²) < 4.78 is 0. The van der Waals surface area contributed by atoms with E-state index in [1.807, 2.05) is 0 Å². The highest BCUT2D eigenvalue weighted by Gasteiger charge is 2.24. The van der Waals surface area contributed by atoms with Gasteiger partial charge in [0.2, 0.25) is 0 Å². The first kappa shape index (κ1) is 12.0. The van der Waals surface area contributed by atoms with Crippen molar-refractivity contribution < 1.29 is 5.11 Å². The number of benzene rings is 1. The molecule has 2 N–H and O–H groups in total. The van der Waals surface area contributed by atoms with Crippen LogP contribution in [0.4, 0.5) is 0 Å². The molecule has 0 aliphatic heterocycles. The third-order valence-corrected chi connectivity index (χ3v) is 3.95. The molecule has 16 heavy (non-hydrogen) atoms. The summed E-state index contributed by atoms with van der Waals surface area (Å²) in [5.74, 6) is 0. The molecule has 2 rings (SSSR count). The van der Waals surface area contributed by atoms with E-state index in [9.17, 15) is 5.11 Å². The van der Waals surface area contributed by atoms with Crippen molar-refractivity contribution in [3.63, 3.8) is 0 Å². The Bertz CT molecular complexity index is 325. The summed E-state index contributed by atoms with van der Waals surface area (Å²) in [5, 5.41) is 13.1. The minimum Gasteiger partial charge on any atom is -0.392 e. The highest BCUT2D eigenvalue weighted by molar-refractivity contribution is 7.98. The number of hydrogen-bond donors (Lipinski definition) is 2. The van der Waals surface area contributed by atoms with Gasteiger partial charge in [-0.15, -0.1) is 11.8 Å². The maximum Gasteiger partial charge on any atom is 0.0693 e. The second-order valence-electron chi connectivity index (χ2n) is 4.33. The highest BCUT2D eigenvalue weighted by Crippen LogP contribution is 2.19. The Morgan fingerprint density at radius 3 is 2.62 bits per heavy atom. The quantitative estimate of drug-likeness (QED) is 0.789. The third kappa shape index (κ3) is 3.00. The molecule has 2 nitrogen and oxygen atoms in total. The Labute approximate surface area is 101 Å². The molecule has 3 heteroatoms. The minimum absolute atomic E-state index is 0.148. The zero-order valence-corrected chi connectivity index (χ0v) is 10.5. The lowest BCUT2D eigenvalue weighted by Gasteiger charge is -2.16. The number of hydrogen-bond acceptors (Lipinski definition) is 3. The van der Waals surface area contributed by atoms with Crippen molar-refractivity contribution in [2.75, 3.05) is 6.26 Å². The van der Waals surface area contributed by atoms with Gasteiger partial charge in [0.05, 0.1) is 6.10 Å². The van der Waals surface area contributed by atoms with Crippen LogP contribution in [0.25, 0.3) is 0 Å². The number of thioether (sulfide) groups is 1. The number of aliphatic hydroxyl groups is 1. The van der Waals surface area contributed by atoms with E-state index in [1.165, 1.54) is 10.5 Å². The van der Waals surface area contributed by atoms with E-state index in [1.54, 1.807) is 11.8 Å². The van der Waals surface area contributed by atoms with Gasteiger partial charge in [-0.1, -0.05) is 12.1 Å². The lowest BCUT2D eigenvalue weighted by molar-refractivity contribution is 0.148. The summed E-state index contributed by atoms with van der Waals surface area (Å²) in [4.78, 5) is 1.30. The molecule has 1 aliphatic carbocycles. The van der Waals surface area contributed by atoms with Crippen LogP contribution in [0.2, 0.25) is 0 Å². The first-order chi connectivity index (χ1) is 7.79. The molecule has 0 saturated heterocycles. The van der Waals surface area contributed by atoms with Gasteiger partial charge in [-0.3, -0.25) is 0 Å². The molecular formula is C13H19NOS. The molecule has 2 unspecified atom stereocenters. The molecule has 1 aromatic rings. The molecule has 0 radical (unpaired) electrons. The second kappa shape index (κ2) is 5.71. The normalized spacial score (nSPS) is 24.9.